The van der Waals surface area contributed by atoms with Crippen LogP contribution in [-0.4, -0.2) is 47.7 Å². The number of morpholine rings is 1. The third-order valence-electron chi connectivity index (χ3n) is 4.38. The van der Waals surface area contributed by atoms with Gasteiger partial charge in [-0.3, -0.25) is 9.59 Å². The zero-order valence-corrected chi connectivity index (χ0v) is 11.5. The summed E-state index contributed by atoms with van der Waals surface area (Å²) in [5.74, 6) is -1.62. The number of carboxylic acid groups (broad SMARTS) is 1. The first-order chi connectivity index (χ1) is 9.15. The summed E-state index contributed by atoms with van der Waals surface area (Å²) in [6.07, 6.45) is 4.08. The summed E-state index contributed by atoms with van der Waals surface area (Å²) in [6.45, 7) is 3.77. The second-order valence-electron chi connectivity index (χ2n) is 5.50. The zero-order valence-electron chi connectivity index (χ0n) is 11.5. The van der Waals surface area contributed by atoms with Gasteiger partial charge < -0.3 is 14.7 Å². The summed E-state index contributed by atoms with van der Waals surface area (Å²) >= 11 is 0. The standard InChI is InChI=1S/C14H23NO4/c1-2-10-9-19-8-7-15(10)13(16)11-5-3-4-6-12(11)14(17)18/h10-12H,2-9H2,1H3,(H,17,18)/t10?,11-,12+/m1/s1. The summed E-state index contributed by atoms with van der Waals surface area (Å²) in [5.41, 5.74) is 0. The first-order valence-corrected chi connectivity index (χ1v) is 7.26. The van der Waals surface area contributed by atoms with Gasteiger partial charge in [0.25, 0.3) is 0 Å². The van der Waals surface area contributed by atoms with Crippen LogP contribution in [0.5, 0.6) is 0 Å². The Balaban J connectivity index is 2.09. The van der Waals surface area contributed by atoms with Gasteiger partial charge >= 0.3 is 5.97 Å². The Bertz CT molecular complexity index is 344. The molecule has 1 N–H and O–H groups in total. The highest BCUT2D eigenvalue weighted by Gasteiger charge is 2.39. The van der Waals surface area contributed by atoms with Gasteiger partial charge in [-0.1, -0.05) is 19.8 Å². The van der Waals surface area contributed by atoms with Crippen molar-refractivity contribution in [3.8, 4) is 0 Å². The fourth-order valence-electron chi connectivity index (χ4n) is 3.22. The van der Waals surface area contributed by atoms with E-state index in [9.17, 15) is 14.7 Å². The molecule has 1 aliphatic carbocycles. The molecule has 1 saturated heterocycles. The van der Waals surface area contributed by atoms with Crippen molar-refractivity contribution in [1.29, 1.82) is 0 Å². The molecule has 2 rings (SSSR count). The van der Waals surface area contributed by atoms with Gasteiger partial charge in [0.2, 0.25) is 5.91 Å². The molecule has 5 nitrogen and oxygen atoms in total. The number of carbonyl (C=O) groups is 2. The van der Waals surface area contributed by atoms with Gasteiger partial charge in [-0.15, -0.1) is 0 Å². The van der Waals surface area contributed by atoms with E-state index in [1.54, 1.807) is 0 Å². The van der Waals surface area contributed by atoms with E-state index in [1.807, 2.05) is 11.8 Å². The molecule has 0 spiro atoms. The van der Waals surface area contributed by atoms with Gasteiger partial charge in [0, 0.05) is 6.54 Å². The van der Waals surface area contributed by atoms with Crippen LogP contribution in [0.25, 0.3) is 0 Å². The second-order valence-corrected chi connectivity index (χ2v) is 5.50. The van der Waals surface area contributed by atoms with Crippen molar-refractivity contribution in [2.24, 2.45) is 11.8 Å². The van der Waals surface area contributed by atoms with E-state index >= 15 is 0 Å². The minimum Gasteiger partial charge on any atom is -0.481 e. The summed E-state index contributed by atoms with van der Waals surface area (Å²) in [6, 6.07) is 0.109. The van der Waals surface area contributed by atoms with Gasteiger partial charge in [0.1, 0.15) is 0 Å². The Morgan fingerprint density at radius 3 is 2.58 bits per heavy atom. The van der Waals surface area contributed by atoms with Gasteiger partial charge in [0.15, 0.2) is 0 Å². The molecule has 19 heavy (non-hydrogen) atoms. The highest BCUT2D eigenvalue weighted by atomic mass is 16.5. The number of carbonyl (C=O) groups excluding carboxylic acids is 1. The lowest BCUT2D eigenvalue weighted by Crippen LogP contribution is -2.52. The number of carboxylic acids is 1. The monoisotopic (exact) mass is 269 g/mol. The summed E-state index contributed by atoms with van der Waals surface area (Å²) in [4.78, 5) is 25.8. The summed E-state index contributed by atoms with van der Waals surface area (Å²) in [5, 5.41) is 9.28. The van der Waals surface area contributed by atoms with E-state index in [0.717, 1.165) is 19.3 Å². The number of hydrogen-bond donors (Lipinski definition) is 1. The zero-order chi connectivity index (χ0) is 13.8. The lowest BCUT2D eigenvalue weighted by atomic mass is 9.78. The van der Waals surface area contributed by atoms with Crippen LogP contribution >= 0.6 is 0 Å². The molecular formula is C14H23NO4. The predicted molar refractivity (Wildman–Crippen MR) is 69.7 cm³/mol. The van der Waals surface area contributed by atoms with E-state index in [4.69, 9.17) is 4.74 Å². The minimum atomic E-state index is -0.820. The molecule has 2 aliphatic rings. The van der Waals surface area contributed by atoms with Gasteiger partial charge in [-0.2, -0.15) is 0 Å². The smallest absolute Gasteiger partial charge is 0.307 e. The first-order valence-electron chi connectivity index (χ1n) is 7.26. The third-order valence-corrected chi connectivity index (χ3v) is 4.38. The molecule has 0 radical (unpaired) electrons. The van der Waals surface area contributed by atoms with Crippen molar-refractivity contribution in [2.75, 3.05) is 19.8 Å². The van der Waals surface area contributed by atoms with Crippen LogP contribution in [0.4, 0.5) is 0 Å². The molecule has 1 saturated carbocycles. The number of nitrogens with zero attached hydrogens (tertiary/aromatic N) is 1. The van der Waals surface area contributed by atoms with Crippen molar-refractivity contribution in [3.63, 3.8) is 0 Å². The van der Waals surface area contributed by atoms with Crippen LogP contribution in [-0.2, 0) is 14.3 Å². The number of aliphatic carboxylic acids is 1. The Morgan fingerprint density at radius 1 is 1.26 bits per heavy atom. The van der Waals surface area contributed by atoms with E-state index in [-0.39, 0.29) is 17.9 Å². The molecule has 1 aliphatic heterocycles. The number of hydrogen-bond acceptors (Lipinski definition) is 3. The van der Waals surface area contributed by atoms with Crippen LogP contribution in [0.2, 0.25) is 0 Å². The molecule has 2 fully saturated rings. The molecule has 108 valence electrons. The van der Waals surface area contributed by atoms with Crippen LogP contribution in [0, 0.1) is 11.8 Å². The van der Waals surface area contributed by atoms with Crippen LogP contribution < -0.4 is 0 Å². The van der Waals surface area contributed by atoms with Crippen molar-refractivity contribution < 1.29 is 19.4 Å². The van der Waals surface area contributed by atoms with Crippen LogP contribution in [0.1, 0.15) is 39.0 Å². The van der Waals surface area contributed by atoms with Crippen LogP contribution in [0.15, 0.2) is 0 Å². The average Bonchev–Trinajstić information content (AvgIpc) is 2.46. The van der Waals surface area contributed by atoms with Crippen molar-refractivity contribution in [2.45, 2.75) is 45.1 Å². The lowest BCUT2D eigenvalue weighted by molar-refractivity contribution is -0.156. The highest BCUT2D eigenvalue weighted by Crippen LogP contribution is 2.32. The number of rotatable bonds is 3. The first kappa shape index (κ1) is 14.3. The topological polar surface area (TPSA) is 66.8 Å². The summed E-state index contributed by atoms with van der Waals surface area (Å²) in [7, 11) is 0. The average molecular weight is 269 g/mol. The molecule has 0 aromatic heterocycles. The van der Waals surface area contributed by atoms with E-state index < -0.39 is 11.9 Å². The molecule has 1 heterocycles. The van der Waals surface area contributed by atoms with Gasteiger partial charge in [0.05, 0.1) is 31.1 Å². The minimum absolute atomic E-state index is 0.0299. The number of amides is 1. The quantitative estimate of drug-likeness (QED) is 0.843. The Hall–Kier alpha value is -1.10. The second kappa shape index (κ2) is 6.37. The maximum atomic E-state index is 12.6. The fraction of sp³-hybridized carbons (Fsp3) is 0.857. The maximum Gasteiger partial charge on any atom is 0.307 e. The lowest BCUT2D eigenvalue weighted by Gasteiger charge is -2.39. The Labute approximate surface area is 113 Å². The molecule has 0 bridgehead atoms. The van der Waals surface area contributed by atoms with E-state index in [0.29, 0.717) is 32.6 Å². The molecule has 5 heteroatoms. The molecule has 1 amide bonds. The van der Waals surface area contributed by atoms with Crippen molar-refractivity contribution in [3.05, 3.63) is 0 Å². The van der Waals surface area contributed by atoms with Crippen LogP contribution in [0.3, 0.4) is 0 Å². The molecule has 0 aromatic rings. The van der Waals surface area contributed by atoms with Crippen molar-refractivity contribution >= 4 is 11.9 Å². The third kappa shape index (κ3) is 3.08. The molecule has 3 atom stereocenters. The van der Waals surface area contributed by atoms with Crippen molar-refractivity contribution in [1.82, 2.24) is 4.90 Å². The highest BCUT2D eigenvalue weighted by molar-refractivity contribution is 5.85. The molecule has 0 aromatic carbocycles. The maximum absolute atomic E-state index is 12.6. The molecule has 1 unspecified atom stereocenters. The molecular weight excluding hydrogens is 246 g/mol. The largest absolute Gasteiger partial charge is 0.481 e. The van der Waals surface area contributed by atoms with Gasteiger partial charge in [-0.05, 0) is 19.3 Å². The normalized spacial score (nSPS) is 32.1. The fourth-order valence-corrected chi connectivity index (χ4v) is 3.22. The number of ether oxygens (including phenoxy) is 1. The van der Waals surface area contributed by atoms with E-state index in [1.165, 1.54) is 0 Å². The predicted octanol–water partition coefficient (Wildman–Crippen LogP) is 1.51. The van der Waals surface area contributed by atoms with E-state index in [2.05, 4.69) is 0 Å². The Morgan fingerprint density at radius 2 is 1.95 bits per heavy atom. The van der Waals surface area contributed by atoms with Gasteiger partial charge in [-0.25, -0.2) is 0 Å². The SMILES string of the molecule is CCC1COCCN1C(=O)[C@@H]1CCCC[C@@H]1C(=O)O. The Kier molecular flexibility index (Phi) is 4.80. The summed E-state index contributed by atoms with van der Waals surface area (Å²) < 4.78 is 5.40.